The number of rotatable bonds is 9. The molecule has 0 atom stereocenters. The summed E-state index contributed by atoms with van der Waals surface area (Å²) in [6.07, 6.45) is 7.27. The molecule has 1 amide bonds. The molecule has 0 aliphatic heterocycles. The summed E-state index contributed by atoms with van der Waals surface area (Å²) >= 11 is 5.83. The van der Waals surface area contributed by atoms with Gasteiger partial charge in [-0.15, -0.1) is 0 Å². The van der Waals surface area contributed by atoms with Crippen LogP contribution < -0.4 is 10.1 Å². The van der Waals surface area contributed by atoms with Crippen LogP contribution in [0.5, 0.6) is 5.75 Å². The Labute approximate surface area is 163 Å². The lowest BCUT2D eigenvalue weighted by Crippen LogP contribution is -2.13. The molecule has 0 radical (unpaired) electrons. The minimum Gasteiger partial charge on any atom is -0.494 e. The highest BCUT2D eigenvalue weighted by molar-refractivity contribution is 6.30. The number of pyridine rings is 1. The number of aromatic nitrogens is 3. The van der Waals surface area contributed by atoms with Crippen molar-refractivity contribution in [3.63, 3.8) is 0 Å². The summed E-state index contributed by atoms with van der Waals surface area (Å²) in [5, 5.41) is 7.86. The third kappa shape index (κ3) is 6.42. The van der Waals surface area contributed by atoms with Crippen LogP contribution in [0, 0.1) is 0 Å². The van der Waals surface area contributed by atoms with Crippen molar-refractivity contribution in [2.45, 2.75) is 25.8 Å². The Kier molecular flexibility index (Phi) is 6.82. The highest BCUT2D eigenvalue weighted by atomic mass is 35.5. The Hall–Kier alpha value is -2.86. The second-order valence-corrected chi connectivity index (χ2v) is 6.46. The first kappa shape index (κ1) is 18.9. The number of anilines is 1. The minimum atomic E-state index is -0.0749. The third-order valence-corrected chi connectivity index (χ3v) is 4.17. The maximum Gasteiger partial charge on any atom is 0.225 e. The van der Waals surface area contributed by atoms with Gasteiger partial charge in [-0.1, -0.05) is 11.6 Å². The summed E-state index contributed by atoms with van der Waals surface area (Å²) in [5.74, 6) is 1.23. The van der Waals surface area contributed by atoms with Gasteiger partial charge < -0.3 is 10.1 Å². The van der Waals surface area contributed by atoms with Gasteiger partial charge in [-0.2, -0.15) is 5.10 Å². The second-order valence-electron chi connectivity index (χ2n) is 6.02. The van der Waals surface area contributed by atoms with Crippen LogP contribution in [-0.2, 0) is 17.8 Å². The van der Waals surface area contributed by atoms with Crippen LogP contribution in [-0.4, -0.2) is 27.3 Å². The van der Waals surface area contributed by atoms with Crippen LogP contribution in [0.15, 0.2) is 61.1 Å². The molecule has 3 aromatic rings. The fourth-order valence-corrected chi connectivity index (χ4v) is 2.63. The van der Waals surface area contributed by atoms with Crippen molar-refractivity contribution >= 4 is 23.3 Å². The summed E-state index contributed by atoms with van der Waals surface area (Å²) in [5.41, 5.74) is 1.20. The highest BCUT2D eigenvalue weighted by Crippen LogP contribution is 2.15. The monoisotopic (exact) mass is 384 g/mol. The maximum absolute atomic E-state index is 12.0. The summed E-state index contributed by atoms with van der Waals surface area (Å²) in [4.78, 5) is 16.0. The lowest BCUT2D eigenvalue weighted by molar-refractivity contribution is -0.116. The molecule has 0 unspecified atom stereocenters. The summed E-state index contributed by atoms with van der Waals surface area (Å²) in [6.45, 7) is 1.21. The van der Waals surface area contributed by atoms with Crippen molar-refractivity contribution < 1.29 is 9.53 Å². The number of hydrogen-bond acceptors (Lipinski definition) is 4. The number of amides is 1. The van der Waals surface area contributed by atoms with Crippen LogP contribution in [0.3, 0.4) is 0 Å². The third-order valence-electron chi connectivity index (χ3n) is 3.92. The van der Waals surface area contributed by atoms with E-state index in [1.165, 1.54) is 5.56 Å². The maximum atomic E-state index is 12.0. The number of aryl methyl sites for hydroxylation is 2. The normalized spacial score (nSPS) is 10.6. The van der Waals surface area contributed by atoms with Gasteiger partial charge in [-0.3, -0.25) is 14.5 Å². The van der Waals surface area contributed by atoms with Crippen molar-refractivity contribution in [1.29, 1.82) is 0 Å². The summed E-state index contributed by atoms with van der Waals surface area (Å²) in [6, 6.07) is 12.9. The van der Waals surface area contributed by atoms with E-state index < -0.39 is 0 Å². The SMILES string of the molecule is O=C(CCCOc1ccc(Cl)cc1)Nc1ccn(CCc2ccncc2)n1. The molecule has 0 aliphatic carbocycles. The number of nitrogens with zero attached hydrogens (tertiary/aromatic N) is 3. The molecule has 0 spiro atoms. The number of hydrogen-bond donors (Lipinski definition) is 1. The molecule has 7 heteroatoms. The Morgan fingerprint density at radius 1 is 1.11 bits per heavy atom. The molecule has 3 rings (SSSR count). The number of benzene rings is 1. The molecule has 6 nitrogen and oxygen atoms in total. The molecule has 0 saturated carbocycles. The Morgan fingerprint density at radius 3 is 2.67 bits per heavy atom. The van der Waals surface area contributed by atoms with Gasteiger partial charge in [-0.05, 0) is 54.8 Å². The van der Waals surface area contributed by atoms with Crippen LogP contribution >= 0.6 is 11.6 Å². The Bertz CT molecular complexity index is 850. The van der Waals surface area contributed by atoms with Crippen molar-refractivity contribution in [1.82, 2.24) is 14.8 Å². The summed E-state index contributed by atoms with van der Waals surface area (Å²) in [7, 11) is 0. The molecule has 2 heterocycles. The van der Waals surface area contributed by atoms with Crippen molar-refractivity contribution in [2.24, 2.45) is 0 Å². The zero-order chi connectivity index (χ0) is 18.9. The number of carbonyl (C=O) groups is 1. The second kappa shape index (κ2) is 9.73. The van der Waals surface area contributed by atoms with Gasteiger partial charge in [0.2, 0.25) is 5.91 Å². The first-order chi connectivity index (χ1) is 13.2. The van der Waals surface area contributed by atoms with E-state index in [9.17, 15) is 4.79 Å². The van der Waals surface area contributed by atoms with E-state index in [1.54, 1.807) is 42.7 Å². The molecule has 1 aromatic carbocycles. The van der Waals surface area contributed by atoms with E-state index in [0.717, 1.165) is 18.7 Å². The molecule has 0 bridgehead atoms. The first-order valence-electron chi connectivity index (χ1n) is 8.79. The van der Waals surface area contributed by atoms with Gasteiger partial charge in [0.1, 0.15) is 5.75 Å². The number of halogens is 1. The van der Waals surface area contributed by atoms with Gasteiger partial charge in [-0.25, -0.2) is 0 Å². The lowest BCUT2D eigenvalue weighted by Gasteiger charge is -2.06. The zero-order valence-corrected chi connectivity index (χ0v) is 15.6. The van der Waals surface area contributed by atoms with Crippen LogP contribution in [0.4, 0.5) is 5.82 Å². The topological polar surface area (TPSA) is 69.0 Å². The van der Waals surface area contributed by atoms with E-state index in [2.05, 4.69) is 15.4 Å². The van der Waals surface area contributed by atoms with Crippen LogP contribution in [0.25, 0.3) is 0 Å². The Morgan fingerprint density at radius 2 is 1.89 bits per heavy atom. The molecule has 0 saturated heterocycles. The van der Waals surface area contributed by atoms with Gasteiger partial charge >= 0.3 is 0 Å². The molecule has 140 valence electrons. The fourth-order valence-electron chi connectivity index (χ4n) is 2.50. The molecule has 0 aliphatic rings. The lowest BCUT2D eigenvalue weighted by atomic mass is 10.2. The van der Waals surface area contributed by atoms with Crippen molar-refractivity contribution in [2.75, 3.05) is 11.9 Å². The van der Waals surface area contributed by atoms with E-state index in [1.807, 2.05) is 23.0 Å². The summed E-state index contributed by atoms with van der Waals surface area (Å²) < 4.78 is 7.40. The standard InChI is InChI=1S/C20H21ClN4O2/c21-17-3-5-18(6-4-17)27-15-1-2-20(26)23-19-10-14-25(24-19)13-9-16-7-11-22-12-8-16/h3-8,10-12,14H,1-2,9,13,15H2,(H,23,24,26). The van der Waals surface area contributed by atoms with Gasteiger partial charge in [0, 0.05) is 42.6 Å². The largest absolute Gasteiger partial charge is 0.494 e. The molecular weight excluding hydrogens is 364 g/mol. The van der Waals surface area contributed by atoms with Gasteiger partial charge in [0.05, 0.1) is 6.61 Å². The fraction of sp³-hybridized carbons (Fsp3) is 0.250. The number of ether oxygens (including phenoxy) is 1. The van der Waals surface area contributed by atoms with Crippen molar-refractivity contribution in [3.8, 4) is 5.75 Å². The van der Waals surface area contributed by atoms with E-state index in [0.29, 0.717) is 30.3 Å². The molecule has 2 aromatic heterocycles. The predicted molar refractivity (Wildman–Crippen MR) is 105 cm³/mol. The first-order valence-corrected chi connectivity index (χ1v) is 9.17. The molecule has 0 fully saturated rings. The quantitative estimate of drug-likeness (QED) is 0.567. The van der Waals surface area contributed by atoms with E-state index >= 15 is 0 Å². The molecular formula is C20H21ClN4O2. The van der Waals surface area contributed by atoms with E-state index in [-0.39, 0.29) is 5.91 Å². The number of nitrogens with one attached hydrogen (secondary N) is 1. The smallest absolute Gasteiger partial charge is 0.225 e. The molecule has 27 heavy (non-hydrogen) atoms. The number of carbonyl (C=O) groups excluding carboxylic acids is 1. The highest BCUT2D eigenvalue weighted by Gasteiger charge is 2.06. The predicted octanol–water partition coefficient (Wildman–Crippen LogP) is 3.97. The zero-order valence-electron chi connectivity index (χ0n) is 14.8. The van der Waals surface area contributed by atoms with Crippen LogP contribution in [0.1, 0.15) is 18.4 Å². The average Bonchev–Trinajstić information content (AvgIpc) is 3.13. The minimum absolute atomic E-state index is 0.0749. The Balaban J connectivity index is 1.35. The van der Waals surface area contributed by atoms with Gasteiger partial charge in [0.15, 0.2) is 5.82 Å². The van der Waals surface area contributed by atoms with Gasteiger partial charge in [0.25, 0.3) is 0 Å². The van der Waals surface area contributed by atoms with E-state index in [4.69, 9.17) is 16.3 Å². The average molecular weight is 385 g/mol. The van der Waals surface area contributed by atoms with Crippen molar-refractivity contribution in [3.05, 3.63) is 71.6 Å². The molecule has 1 N–H and O–H groups in total. The van der Waals surface area contributed by atoms with Crippen LogP contribution in [0.2, 0.25) is 5.02 Å².